The molecule has 6 nitrogen and oxygen atoms in total. The first-order valence-electron chi connectivity index (χ1n) is 4.61. The number of halogens is 3. The fourth-order valence-corrected chi connectivity index (χ4v) is 6.25. The third-order valence-corrected chi connectivity index (χ3v) is 9.32. The Kier molecular flexibility index (Phi) is 8.12. The van der Waals surface area contributed by atoms with Crippen LogP contribution in [0, 0.1) is 0 Å². The summed E-state index contributed by atoms with van der Waals surface area (Å²) in [4.78, 5) is 4.66. The quantitative estimate of drug-likeness (QED) is 0.175. The van der Waals surface area contributed by atoms with Crippen LogP contribution in [0.4, 0.5) is 0 Å². The molecular formula is C8H3Br3NNaO5S3. The van der Waals surface area contributed by atoms with Crippen molar-refractivity contribution < 1.29 is 52.6 Å². The molecule has 1 aromatic carbocycles. The minimum atomic E-state index is -3.72. The molecule has 0 aliphatic carbocycles. The van der Waals surface area contributed by atoms with E-state index in [9.17, 15) is 13.7 Å². The van der Waals surface area contributed by atoms with Crippen LogP contribution in [0.2, 0.25) is 0 Å². The molecule has 0 amide bonds. The first kappa shape index (κ1) is 20.8. The van der Waals surface area contributed by atoms with Crippen molar-refractivity contribution in [2.45, 2.75) is 10.7 Å². The molecule has 21 heavy (non-hydrogen) atoms. The number of rotatable bonds is 4. The van der Waals surface area contributed by atoms with Gasteiger partial charge in [0.25, 0.3) is 0 Å². The first-order valence-corrected chi connectivity index (χ1v) is 10.0. The van der Waals surface area contributed by atoms with Gasteiger partial charge in [-0.05, 0) is 66.0 Å². The van der Waals surface area contributed by atoms with Crippen molar-refractivity contribution >= 4 is 91.2 Å². The van der Waals surface area contributed by atoms with E-state index in [1.54, 1.807) is 18.2 Å². The van der Waals surface area contributed by atoms with Crippen molar-refractivity contribution in [2.75, 3.05) is 0 Å². The van der Waals surface area contributed by atoms with Crippen molar-refractivity contribution in [1.29, 1.82) is 0 Å². The summed E-state index contributed by atoms with van der Waals surface area (Å²) >= 11 is 10.7. The minimum absolute atomic E-state index is 0. The maximum Gasteiger partial charge on any atom is 1.00 e. The van der Waals surface area contributed by atoms with E-state index in [2.05, 4.69) is 62.1 Å². The molecule has 1 heterocycles. The maximum atomic E-state index is 12.2. The Morgan fingerprint density at radius 1 is 1.33 bits per heavy atom. The fraction of sp³-hybridized carbons (Fsp3) is 0.125. The number of thiazole rings is 1. The standard InChI is InChI=1S/C8H4Br3NO5S3.Na/c9-8(10,11)20(14,15)7-12-5-2-1-4(19-17-16-13)3-6(5)18-7;/h1-3,13H;/q;+1/p-1. The van der Waals surface area contributed by atoms with E-state index >= 15 is 0 Å². The number of alkyl halides is 3. The minimum Gasteiger partial charge on any atom is -0.691 e. The maximum absolute atomic E-state index is 12.2. The van der Waals surface area contributed by atoms with Gasteiger partial charge >= 0.3 is 29.6 Å². The van der Waals surface area contributed by atoms with E-state index in [1.165, 1.54) is 0 Å². The normalized spacial score (nSPS) is 12.4. The van der Waals surface area contributed by atoms with Crippen molar-refractivity contribution in [3.63, 3.8) is 0 Å². The van der Waals surface area contributed by atoms with Gasteiger partial charge in [0.1, 0.15) is 0 Å². The molecule has 13 heteroatoms. The summed E-state index contributed by atoms with van der Waals surface area (Å²) in [6, 6.07) is 4.90. The van der Waals surface area contributed by atoms with Crippen LogP contribution in [0.15, 0.2) is 27.4 Å². The van der Waals surface area contributed by atoms with Gasteiger partial charge in [-0.25, -0.2) is 13.4 Å². The predicted octanol–water partition coefficient (Wildman–Crippen LogP) is 0.101. The van der Waals surface area contributed by atoms with Gasteiger partial charge in [-0.2, -0.15) is 4.33 Å². The van der Waals surface area contributed by atoms with E-state index in [0.717, 1.165) is 23.4 Å². The van der Waals surface area contributed by atoms with Gasteiger partial charge in [-0.3, -0.25) is 5.04 Å². The average Bonchev–Trinajstić information content (AvgIpc) is 2.78. The number of aromatic nitrogens is 1. The Morgan fingerprint density at radius 2 is 2.00 bits per heavy atom. The molecule has 2 rings (SSSR count). The summed E-state index contributed by atoms with van der Waals surface area (Å²) in [6.45, 7) is 0. The van der Waals surface area contributed by atoms with E-state index < -0.39 is 11.3 Å². The van der Waals surface area contributed by atoms with Crippen molar-refractivity contribution in [1.82, 2.24) is 4.98 Å². The second-order valence-corrected chi connectivity index (χ2v) is 15.7. The van der Waals surface area contributed by atoms with Crippen LogP contribution in [-0.2, 0) is 19.2 Å². The molecule has 0 saturated carbocycles. The number of fused-ring (bicyclic) bond motifs is 1. The number of sulfone groups is 1. The molecule has 2 aromatic rings. The molecule has 0 spiro atoms. The zero-order valence-electron chi connectivity index (χ0n) is 10.1. The molecule has 0 N–H and O–H groups in total. The van der Waals surface area contributed by atoms with Gasteiger partial charge in [0, 0.05) is 4.90 Å². The van der Waals surface area contributed by atoms with Crippen LogP contribution in [0.1, 0.15) is 0 Å². The topological polar surface area (TPSA) is 88.6 Å². The Hall–Kier alpha value is 1.73. The summed E-state index contributed by atoms with van der Waals surface area (Å²) in [7, 11) is -3.72. The predicted molar refractivity (Wildman–Crippen MR) is 84.3 cm³/mol. The number of benzene rings is 1. The van der Waals surface area contributed by atoms with Gasteiger partial charge in [-0.15, -0.1) is 11.3 Å². The molecule has 0 saturated heterocycles. The van der Waals surface area contributed by atoms with Crippen molar-refractivity contribution in [3.05, 3.63) is 18.2 Å². The Labute approximate surface area is 175 Å². The fourth-order valence-electron chi connectivity index (χ4n) is 1.20. The number of nitrogens with zero attached hydrogens (tertiary/aromatic N) is 1. The van der Waals surface area contributed by atoms with Crippen LogP contribution >= 0.6 is 71.2 Å². The van der Waals surface area contributed by atoms with E-state index in [0.29, 0.717) is 15.1 Å². The van der Waals surface area contributed by atoms with Crippen LogP contribution < -0.4 is 34.8 Å². The van der Waals surface area contributed by atoms with Gasteiger partial charge in [0.05, 0.1) is 22.3 Å². The number of hydrogen-bond acceptors (Lipinski definition) is 8. The van der Waals surface area contributed by atoms with E-state index in [1.807, 2.05) is 0 Å². The molecular weight excluding hydrogens is 549 g/mol. The van der Waals surface area contributed by atoms with Crippen LogP contribution in [0.3, 0.4) is 0 Å². The molecule has 0 bridgehead atoms. The second-order valence-electron chi connectivity index (χ2n) is 3.28. The van der Waals surface area contributed by atoms with Crippen LogP contribution in [0.25, 0.3) is 10.2 Å². The average molecular weight is 552 g/mol. The SMILES string of the molecule is O=S(=O)(c1nc2ccc(SOO[O-])cc2s1)C(Br)(Br)Br.[Na+]. The molecule has 110 valence electrons. The van der Waals surface area contributed by atoms with E-state index in [4.69, 9.17) is 0 Å². The smallest absolute Gasteiger partial charge is 0.691 e. The van der Waals surface area contributed by atoms with Crippen LogP contribution in [0.5, 0.6) is 0 Å². The molecule has 0 aliphatic rings. The summed E-state index contributed by atoms with van der Waals surface area (Å²) in [5.74, 6) is 0. The van der Waals surface area contributed by atoms with Gasteiger partial charge in [0.2, 0.25) is 15.7 Å². The monoisotopic (exact) mass is 549 g/mol. The molecule has 1 aromatic heterocycles. The van der Waals surface area contributed by atoms with E-state index in [-0.39, 0.29) is 33.9 Å². The van der Waals surface area contributed by atoms with Gasteiger partial charge in [0.15, 0.2) is 0 Å². The molecule has 0 fully saturated rings. The van der Waals surface area contributed by atoms with Crippen molar-refractivity contribution in [3.8, 4) is 0 Å². The number of hydrogen-bond donors (Lipinski definition) is 0. The largest absolute Gasteiger partial charge is 1.00 e. The zero-order valence-corrected chi connectivity index (χ0v) is 19.3. The first-order chi connectivity index (χ1) is 9.25. The Bertz CT molecular complexity index is 732. The molecule has 0 aliphatic heterocycles. The summed E-state index contributed by atoms with van der Waals surface area (Å²) < 4.78 is 27.7. The van der Waals surface area contributed by atoms with Crippen LogP contribution in [-0.4, -0.2) is 14.9 Å². The summed E-state index contributed by atoms with van der Waals surface area (Å²) in [6.07, 6.45) is 0. The Balaban J connectivity index is 0.00000220. The van der Waals surface area contributed by atoms with Crippen molar-refractivity contribution in [2.24, 2.45) is 0 Å². The molecule has 0 unspecified atom stereocenters. The molecule has 0 radical (unpaired) electrons. The Morgan fingerprint density at radius 3 is 2.57 bits per heavy atom. The summed E-state index contributed by atoms with van der Waals surface area (Å²) in [5.41, 5.74) is 0.526. The third kappa shape index (κ3) is 4.86. The third-order valence-electron chi connectivity index (χ3n) is 2.03. The zero-order chi connectivity index (χ0) is 15.0. The van der Waals surface area contributed by atoms with Gasteiger partial charge < -0.3 is 5.26 Å². The van der Waals surface area contributed by atoms with Gasteiger partial charge in [-0.1, -0.05) is 0 Å². The molecule has 0 atom stereocenters. The summed E-state index contributed by atoms with van der Waals surface area (Å²) in [5, 5.41) is 13.0. The second kappa shape index (κ2) is 8.21.